The van der Waals surface area contributed by atoms with Gasteiger partial charge in [-0.3, -0.25) is 4.79 Å². The van der Waals surface area contributed by atoms with E-state index < -0.39 is 0 Å². The minimum Gasteiger partial charge on any atom is -0.338 e. The predicted molar refractivity (Wildman–Crippen MR) is 85.7 cm³/mol. The highest BCUT2D eigenvalue weighted by Crippen LogP contribution is 2.51. The lowest BCUT2D eigenvalue weighted by atomic mass is 9.96. The standard InChI is InChI=1S/C19H21NO/c1-13-5-8-15(9-6-13)20-18-4-2-3-16(18)17-11-14(12-21)7-10-19(17)20/h5,7-13,16,18H,2-4,6H2,1H3/t13-,16?,18?/m1/s1. The molecule has 2 heteroatoms. The summed E-state index contributed by atoms with van der Waals surface area (Å²) in [6.07, 6.45) is 12.9. The lowest BCUT2D eigenvalue weighted by Crippen LogP contribution is -2.30. The second kappa shape index (κ2) is 4.87. The molecule has 1 aromatic carbocycles. The van der Waals surface area contributed by atoms with Crippen molar-refractivity contribution in [2.24, 2.45) is 5.92 Å². The molecule has 0 spiro atoms. The Bertz CT molecular complexity index is 643. The first kappa shape index (κ1) is 12.9. The van der Waals surface area contributed by atoms with Gasteiger partial charge in [0.25, 0.3) is 0 Å². The third-order valence-corrected chi connectivity index (χ3v) is 5.23. The highest BCUT2D eigenvalue weighted by atomic mass is 16.1. The lowest BCUT2D eigenvalue weighted by Gasteiger charge is -2.30. The van der Waals surface area contributed by atoms with E-state index >= 15 is 0 Å². The molecule has 1 saturated carbocycles. The number of allylic oxidation sites excluding steroid dienone is 3. The maximum atomic E-state index is 11.1. The summed E-state index contributed by atoms with van der Waals surface area (Å²) in [7, 11) is 0. The van der Waals surface area contributed by atoms with Gasteiger partial charge in [0.05, 0.1) is 0 Å². The normalized spacial score (nSPS) is 30.0. The monoisotopic (exact) mass is 279 g/mol. The molecule has 0 N–H and O–H groups in total. The van der Waals surface area contributed by atoms with E-state index in [1.165, 1.54) is 36.2 Å². The van der Waals surface area contributed by atoms with Crippen LogP contribution in [0.2, 0.25) is 0 Å². The van der Waals surface area contributed by atoms with Gasteiger partial charge in [-0.25, -0.2) is 0 Å². The molecule has 0 radical (unpaired) electrons. The van der Waals surface area contributed by atoms with Gasteiger partial charge >= 0.3 is 0 Å². The molecule has 0 saturated heterocycles. The molecule has 3 aliphatic rings. The Balaban J connectivity index is 1.78. The summed E-state index contributed by atoms with van der Waals surface area (Å²) in [5, 5.41) is 0. The summed E-state index contributed by atoms with van der Waals surface area (Å²) in [6, 6.07) is 6.80. The van der Waals surface area contributed by atoms with Crippen molar-refractivity contribution >= 4 is 12.0 Å². The number of fused-ring (bicyclic) bond motifs is 3. The smallest absolute Gasteiger partial charge is 0.150 e. The van der Waals surface area contributed by atoms with E-state index in [9.17, 15) is 4.79 Å². The van der Waals surface area contributed by atoms with Crippen LogP contribution in [0.25, 0.3) is 0 Å². The van der Waals surface area contributed by atoms with Crippen molar-refractivity contribution in [3.8, 4) is 0 Å². The number of rotatable bonds is 2. The van der Waals surface area contributed by atoms with Gasteiger partial charge in [-0.1, -0.05) is 25.5 Å². The van der Waals surface area contributed by atoms with Crippen LogP contribution >= 0.6 is 0 Å². The van der Waals surface area contributed by atoms with E-state index in [1.54, 1.807) is 0 Å². The molecule has 0 bridgehead atoms. The van der Waals surface area contributed by atoms with Crippen LogP contribution in [0.1, 0.15) is 54.4 Å². The minimum atomic E-state index is 0.589. The van der Waals surface area contributed by atoms with Crippen molar-refractivity contribution < 1.29 is 4.79 Å². The first-order valence-electron chi connectivity index (χ1n) is 8.04. The lowest BCUT2D eigenvalue weighted by molar-refractivity contribution is 0.112. The minimum absolute atomic E-state index is 0.589. The van der Waals surface area contributed by atoms with Gasteiger partial charge in [0.1, 0.15) is 6.29 Å². The molecule has 2 aliphatic carbocycles. The molecule has 2 nitrogen and oxygen atoms in total. The summed E-state index contributed by atoms with van der Waals surface area (Å²) in [5.74, 6) is 1.25. The molecule has 0 aromatic heterocycles. The zero-order chi connectivity index (χ0) is 14.4. The molecule has 2 unspecified atom stereocenters. The molecule has 1 fully saturated rings. The summed E-state index contributed by atoms with van der Waals surface area (Å²) in [6.45, 7) is 2.26. The van der Waals surface area contributed by atoms with Crippen LogP contribution in [0, 0.1) is 5.92 Å². The Kier molecular flexibility index (Phi) is 2.99. The fraction of sp³-hybridized carbons (Fsp3) is 0.421. The van der Waals surface area contributed by atoms with Crippen LogP contribution in [0.5, 0.6) is 0 Å². The SMILES string of the molecule is C[C@@H]1C=CC(N2c3ccc(C=O)cc3C3CCCC32)=CC1. The highest BCUT2D eigenvalue weighted by molar-refractivity contribution is 5.79. The largest absolute Gasteiger partial charge is 0.338 e. The maximum absolute atomic E-state index is 11.1. The van der Waals surface area contributed by atoms with Crippen molar-refractivity contribution in [3.63, 3.8) is 0 Å². The molecule has 108 valence electrons. The second-order valence-electron chi connectivity index (χ2n) is 6.61. The van der Waals surface area contributed by atoms with Crippen molar-refractivity contribution in [3.05, 3.63) is 53.3 Å². The third kappa shape index (κ3) is 1.97. The van der Waals surface area contributed by atoms with Gasteiger partial charge in [0.15, 0.2) is 0 Å². The number of aldehydes is 1. The quantitative estimate of drug-likeness (QED) is 0.746. The summed E-state index contributed by atoms with van der Waals surface area (Å²) < 4.78 is 0. The Morgan fingerprint density at radius 3 is 2.95 bits per heavy atom. The number of carbonyl (C=O) groups is 1. The number of carbonyl (C=O) groups excluding carboxylic acids is 1. The molecule has 21 heavy (non-hydrogen) atoms. The summed E-state index contributed by atoms with van der Waals surface area (Å²) >= 11 is 0. The fourth-order valence-electron chi connectivity index (χ4n) is 4.18. The molecule has 1 aromatic rings. The van der Waals surface area contributed by atoms with Crippen molar-refractivity contribution in [2.45, 2.75) is 44.6 Å². The van der Waals surface area contributed by atoms with Gasteiger partial charge in [0.2, 0.25) is 0 Å². The Labute approximate surface area is 126 Å². The van der Waals surface area contributed by atoms with Gasteiger partial charge in [-0.15, -0.1) is 0 Å². The fourth-order valence-corrected chi connectivity index (χ4v) is 4.18. The molecule has 0 amide bonds. The first-order chi connectivity index (χ1) is 10.3. The van der Waals surface area contributed by atoms with Crippen LogP contribution in [-0.4, -0.2) is 12.3 Å². The average molecular weight is 279 g/mol. The summed E-state index contributed by atoms with van der Waals surface area (Å²) in [4.78, 5) is 13.6. The zero-order valence-corrected chi connectivity index (χ0v) is 12.5. The van der Waals surface area contributed by atoms with Gasteiger partial charge < -0.3 is 4.90 Å². The van der Waals surface area contributed by atoms with E-state index in [0.717, 1.165) is 18.3 Å². The van der Waals surface area contributed by atoms with Crippen LogP contribution in [0.3, 0.4) is 0 Å². The van der Waals surface area contributed by atoms with Crippen molar-refractivity contribution in [2.75, 3.05) is 4.90 Å². The Hall–Kier alpha value is -1.83. The Morgan fingerprint density at radius 2 is 2.19 bits per heavy atom. The number of anilines is 1. The van der Waals surface area contributed by atoms with E-state index in [2.05, 4.69) is 42.2 Å². The van der Waals surface area contributed by atoms with E-state index in [4.69, 9.17) is 0 Å². The van der Waals surface area contributed by atoms with Crippen LogP contribution in [0.15, 0.2) is 42.1 Å². The van der Waals surface area contributed by atoms with E-state index in [-0.39, 0.29) is 0 Å². The van der Waals surface area contributed by atoms with Gasteiger partial charge in [-0.05, 0) is 55.0 Å². The van der Waals surface area contributed by atoms with Crippen molar-refractivity contribution in [1.29, 1.82) is 0 Å². The van der Waals surface area contributed by atoms with E-state index in [0.29, 0.717) is 17.9 Å². The average Bonchev–Trinajstić information content (AvgIpc) is 3.08. The number of hydrogen-bond donors (Lipinski definition) is 0. The topological polar surface area (TPSA) is 20.3 Å². The van der Waals surface area contributed by atoms with Gasteiger partial charge in [0, 0.05) is 28.9 Å². The third-order valence-electron chi connectivity index (χ3n) is 5.23. The number of hydrogen-bond acceptors (Lipinski definition) is 2. The van der Waals surface area contributed by atoms with E-state index in [1.807, 2.05) is 6.07 Å². The molecule has 1 heterocycles. The van der Waals surface area contributed by atoms with Crippen LogP contribution in [0.4, 0.5) is 5.69 Å². The van der Waals surface area contributed by atoms with Gasteiger partial charge in [-0.2, -0.15) is 0 Å². The number of benzene rings is 1. The highest BCUT2D eigenvalue weighted by Gasteiger charge is 2.42. The first-order valence-corrected chi connectivity index (χ1v) is 8.04. The molecule has 1 aliphatic heterocycles. The molecule has 3 atom stereocenters. The molecular weight excluding hydrogens is 258 g/mol. The molecule has 4 rings (SSSR count). The number of nitrogens with zero attached hydrogens (tertiary/aromatic N) is 1. The molecular formula is C19H21NO. The van der Waals surface area contributed by atoms with Crippen LogP contribution < -0.4 is 4.90 Å². The second-order valence-corrected chi connectivity index (χ2v) is 6.61. The Morgan fingerprint density at radius 1 is 1.29 bits per heavy atom. The predicted octanol–water partition coefficient (Wildman–Crippen LogP) is 4.44. The van der Waals surface area contributed by atoms with Crippen LogP contribution in [-0.2, 0) is 0 Å². The zero-order valence-electron chi connectivity index (χ0n) is 12.5. The van der Waals surface area contributed by atoms with Crippen molar-refractivity contribution in [1.82, 2.24) is 0 Å². The maximum Gasteiger partial charge on any atom is 0.150 e. The summed E-state index contributed by atoms with van der Waals surface area (Å²) in [5.41, 5.74) is 4.86.